The first kappa shape index (κ1) is 33.0. The summed E-state index contributed by atoms with van der Waals surface area (Å²) in [7, 11) is 0. The predicted octanol–water partition coefficient (Wildman–Crippen LogP) is 17.3. The molecular weight excluding hydrogens is 1010 g/mol. The van der Waals surface area contributed by atoms with Crippen LogP contribution in [0.1, 0.15) is 158 Å². The van der Waals surface area contributed by atoms with Crippen molar-refractivity contribution in [3.05, 3.63) is 167 Å². The van der Waals surface area contributed by atoms with E-state index in [2.05, 4.69) is 70.8 Å². The third kappa shape index (κ3) is 9.43. The minimum absolute atomic E-state index is 0. The zero-order valence-electron chi connectivity index (χ0n) is 56.3. The Hall–Kier alpha value is -5.57. The molecule has 1 N–H and O–H groups in total. The van der Waals surface area contributed by atoms with E-state index < -0.39 is 68.0 Å². The van der Waals surface area contributed by atoms with E-state index in [1.165, 1.54) is 18.3 Å². The first-order chi connectivity index (χ1) is 38.5. The Morgan fingerprint density at radius 3 is 1.88 bits per heavy atom. The number of hydrogen-bond acceptors (Lipinski definition) is 3. The number of nitrogens with zero attached hydrogens (tertiary/aromatic N) is 3. The molecule has 0 amide bonds. The fraction of sp³-hybridized carbons (Fsp3) is 0.333. The average molecular weight is 1100 g/mol. The van der Waals surface area contributed by atoms with E-state index in [-0.39, 0.29) is 65.9 Å². The van der Waals surface area contributed by atoms with Crippen LogP contribution in [-0.2, 0) is 42.7 Å². The van der Waals surface area contributed by atoms with Crippen LogP contribution in [0.15, 0.2) is 133 Å². The van der Waals surface area contributed by atoms with Gasteiger partial charge in [-0.1, -0.05) is 173 Å². The molecule has 0 saturated heterocycles. The monoisotopic (exact) mass is 1100 g/mol. The van der Waals surface area contributed by atoms with Crippen LogP contribution in [0.25, 0.3) is 72.7 Å². The van der Waals surface area contributed by atoms with Crippen molar-refractivity contribution in [3.63, 3.8) is 0 Å². The second-order valence-corrected chi connectivity index (χ2v) is 19.3. The number of rotatable bonds is 12. The summed E-state index contributed by atoms with van der Waals surface area (Å²) >= 11 is 0. The molecule has 5 heteroatoms. The first-order valence-corrected chi connectivity index (χ1v) is 23.2. The van der Waals surface area contributed by atoms with Gasteiger partial charge in [0.25, 0.3) is 0 Å². The Kier molecular flexibility index (Phi) is 9.45. The second kappa shape index (κ2) is 19.4. The molecule has 8 rings (SSSR count). The molecule has 0 aliphatic carbocycles. The topological polar surface area (TPSA) is 50.9 Å². The SMILES string of the molecule is [2H]c1c([2H])c(C(C([2H])([2H])[2H])(C([2H])([2H])[2H])C([2H])([2H])[2H])c([2H])c([2H])c1-c1ccnc(-c2[c-]c(-c3cccc4c3nc(-c3ccccc3O)n4-c3ccc(-c4c(C(C)(CC)CC)cccc4C(C)(CC)CC)cc3C([2H])([2H])[2H])cc(C(C)(C)C)c2)c1.[Pt]. The Morgan fingerprint density at radius 2 is 1.26 bits per heavy atom. The van der Waals surface area contributed by atoms with Gasteiger partial charge < -0.3 is 5.11 Å². The van der Waals surface area contributed by atoms with Gasteiger partial charge in [0.15, 0.2) is 0 Å². The van der Waals surface area contributed by atoms with Crippen molar-refractivity contribution < 1.29 is 48.1 Å². The van der Waals surface area contributed by atoms with Crippen LogP contribution >= 0.6 is 0 Å². The van der Waals surface area contributed by atoms with Crippen LogP contribution in [-0.4, -0.2) is 19.6 Å². The second-order valence-electron chi connectivity index (χ2n) is 19.3. The molecule has 0 saturated carbocycles. The van der Waals surface area contributed by atoms with E-state index in [4.69, 9.17) is 22.8 Å². The van der Waals surface area contributed by atoms with Crippen LogP contribution < -0.4 is 0 Å². The molecule has 68 heavy (non-hydrogen) atoms. The van der Waals surface area contributed by atoms with Crippen molar-refractivity contribution in [2.75, 3.05) is 0 Å². The van der Waals surface area contributed by atoms with Crippen molar-refractivity contribution in [2.45, 2.75) is 137 Å². The zero-order chi connectivity index (χ0) is 61.5. The molecule has 8 aromatic rings. The van der Waals surface area contributed by atoms with E-state index >= 15 is 0 Å². The summed E-state index contributed by atoms with van der Waals surface area (Å²) in [6.45, 7) is 5.20. The van der Waals surface area contributed by atoms with Crippen molar-refractivity contribution in [2.24, 2.45) is 0 Å². The first-order valence-electron chi connectivity index (χ1n) is 31.2. The third-order valence-corrected chi connectivity index (χ3v) is 14.2. The standard InChI is InChI=1S/C63H70N3O.Pt/c1-14-62(12,15-2)51-24-21-25-52(63(13,16-3)17-4)57(51)44-30-33-54(41(5)36-44)66-55-26-20-23-49(58(55)65-59(66)50-22-18-19-27-56(50)67)45-37-46(39-48(38-45)61(9,10)11)53-40-43(34-35-64-53)42-28-31-47(32-29-42)60(6,7)8;/h18-36,38-40,67H,14-17H2,1-13H3;/q-1;/i5D3,6D3,7D3,8D3,28D,29D,31D,32D;. The minimum atomic E-state index is -3.83. The number of hydrogen-bond donors (Lipinski definition) is 1. The van der Waals surface area contributed by atoms with Gasteiger partial charge in [-0.2, -0.15) is 0 Å². The molecule has 0 atom stereocenters. The van der Waals surface area contributed by atoms with Crippen LogP contribution in [0.2, 0.25) is 0 Å². The van der Waals surface area contributed by atoms with E-state index in [9.17, 15) is 9.22 Å². The van der Waals surface area contributed by atoms with Crippen LogP contribution in [0, 0.1) is 12.9 Å². The largest absolute Gasteiger partial charge is 0.507 e. The average Bonchev–Trinajstić information content (AvgIpc) is 0.766. The van der Waals surface area contributed by atoms with Gasteiger partial charge >= 0.3 is 0 Å². The fourth-order valence-electron chi connectivity index (χ4n) is 9.09. The summed E-state index contributed by atoms with van der Waals surface area (Å²) in [5.41, 5.74) is 2.26. The number of para-hydroxylation sites is 2. The molecule has 2 heterocycles. The van der Waals surface area contributed by atoms with Gasteiger partial charge in [0.05, 0.1) is 27.8 Å². The van der Waals surface area contributed by atoms with Gasteiger partial charge in [-0.05, 0) is 135 Å². The number of aromatic nitrogens is 3. The van der Waals surface area contributed by atoms with Gasteiger partial charge in [0, 0.05) is 49.4 Å². The molecule has 6 aromatic carbocycles. The van der Waals surface area contributed by atoms with Crippen LogP contribution in [0.4, 0.5) is 0 Å². The number of aromatic hydroxyl groups is 1. The molecular formula is C63H70N3OPt-. The fourth-order valence-corrected chi connectivity index (χ4v) is 9.09. The molecule has 4 nitrogen and oxygen atoms in total. The molecule has 0 aliphatic rings. The van der Waals surface area contributed by atoms with Crippen molar-refractivity contribution in [3.8, 4) is 67.5 Å². The Bertz CT molecular complexity index is 3680. The van der Waals surface area contributed by atoms with Gasteiger partial charge in [0.2, 0.25) is 0 Å². The Labute approximate surface area is 444 Å². The molecule has 2 aromatic heterocycles. The van der Waals surface area contributed by atoms with Gasteiger partial charge in [-0.3, -0.25) is 9.55 Å². The summed E-state index contributed by atoms with van der Waals surface area (Å²) < 4.78 is 140. The number of imidazole rings is 1. The Morgan fingerprint density at radius 1 is 0.632 bits per heavy atom. The molecule has 0 spiro atoms. The van der Waals surface area contributed by atoms with Gasteiger partial charge in [0.1, 0.15) is 11.6 Å². The molecule has 0 aliphatic heterocycles. The maximum atomic E-state index is 11.6. The number of fused-ring (bicyclic) bond motifs is 1. The number of aryl methyl sites for hydroxylation is 1. The number of pyridine rings is 1. The number of phenolic OH excluding ortho intramolecular Hbond substituents is 1. The smallest absolute Gasteiger partial charge is 0.148 e. The minimum Gasteiger partial charge on any atom is -0.507 e. The summed E-state index contributed by atoms with van der Waals surface area (Å²) in [6, 6.07) is 30.7. The van der Waals surface area contributed by atoms with E-state index in [0.717, 1.165) is 53.5 Å². The summed E-state index contributed by atoms with van der Waals surface area (Å²) in [6.07, 6.45) is 4.86. The quantitative estimate of drug-likeness (QED) is 0.124. The van der Waals surface area contributed by atoms with E-state index in [1.54, 1.807) is 34.9 Å². The zero-order valence-corrected chi connectivity index (χ0v) is 42.6. The normalized spacial score (nSPS) is 16.5. The van der Waals surface area contributed by atoms with E-state index in [1.807, 2.05) is 63.2 Å². The molecule has 0 bridgehead atoms. The van der Waals surface area contributed by atoms with E-state index in [0.29, 0.717) is 39.0 Å². The number of phenols is 1. The predicted molar refractivity (Wildman–Crippen MR) is 285 cm³/mol. The van der Waals surface area contributed by atoms with Crippen LogP contribution in [0.3, 0.4) is 0 Å². The number of benzene rings is 6. The Balaban J connectivity index is 0.0000101. The van der Waals surface area contributed by atoms with Crippen molar-refractivity contribution in [1.29, 1.82) is 0 Å². The third-order valence-electron chi connectivity index (χ3n) is 14.2. The van der Waals surface area contributed by atoms with Gasteiger partial charge in [-0.25, -0.2) is 4.98 Å². The molecule has 0 unspecified atom stereocenters. The summed E-state index contributed by atoms with van der Waals surface area (Å²) in [5.74, 6) is 0.200. The molecule has 0 fully saturated rings. The summed E-state index contributed by atoms with van der Waals surface area (Å²) in [5, 5.41) is 11.6. The molecule has 0 radical (unpaired) electrons. The van der Waals surface area contributed by atoms with Gasteiger partial charge in [-0.15, -0.1) is 29.3 Å². The van der Waals surface area contributed by atoms with Crippen molar-refractivity contribution >= 4 is 11.0 Å². The maximum Gasteiger partial charge on any atom is 0.148 e. The summed E-state index contributed by atoms with van der Waals surface area (Å²) in [4.78, 5) is 9.96. The maximum absolute atomic E-state index is 11.6. The van der Waals surface area contributed by atoms with Crippen LogP contribution in [0.5, 0.6) is 5.75 Å². The molecule has 354 valence electrons. The van der Waals surface area contributed by atoms with Crippen molar-refractivity contribution in [1.82, 2.24) is 14.5 Å².